The van der Waals surface area contributed by atoms with Crippen molar-refractivity contribution in [2.45, 2.75) is 58.6 Å². The van der Waals surface area contributed by atoms with Gasteiger partial charge in [-0.15, -0.1) is 0 Å². The van der Waals surface area contributed by atoms with Crippen LogP contribution in [0.15, 0.2) is 30.3 Å². The van der Waals surface area contributed by atoms with E-state index in [0.29, 0.717) is 6.04 Å². The second kappa shape index (κ2) is 8.34. The van der Waals surface area contributed by atoms with Crippen molar-refractivity contribution in [2.24, 2.45) is 0 Å². The number of rotatable bonds is 8. The van der Waals surface area contributed by atoms with E-state index in [1.807, 2.05) is 0 Å². The average Bonchev–Trinajstić information content (AvgIpc) is 2.38. The van der Waals surface area contributed by atoms with Crippen molar-refractivity contribution in [3.05, 3.63) is 35.9 Å². The molecular weight excluding hydrogens is 234 g/mol. The quantitative estimate of drug-likeness (QED) is 0.770. The van der Waals surface area contributed by atoms with E-state index in [0.717, 1.165) is 32.4 Å². The highest BCUT2D eigenvalue weighted by molar-refractivity contribution is 5.14. The normalized spacial score (nSPS) is 13.5. The zero-order chi connectivity index (χ0) is 14.1. The van der Waals surface area contributed by atoms with Crippen LogP contribution in [-0.4, -0.2) is 24.8 Å². The van der Waals surface area contributed by atoms with Crippen molar-refractivity contribution in [2.75, 3.05) is 13.2 Å². The van der Waals surface area contributed by atoms with Crippen molar-refractivity contribution >= 4 is 0 Å². The van der Waals surface area contributed by atoms with Crippen LogP contribution >= 0.6 is 0 Å². The number of nitrogens with one attached hydrogen (secondary N) is 1. The van der Waals surface area contributed by atoms with Gasteiger partial charge in [-0.1, -0.05) is 37.3 Å². The van der Waals surface area contributed by atoms with Crippen LogP contribution in [0.2, 0.25) is 0 Å². The summed E-state index contributed by atoms with van der Waals surface area (Å²) in [5, 5.41) is 3.59. The Morgan fingerprint density at radius 2 is 1.84 bits per heavy atom. The Bertz CT molecular complexity index is 329. The van der Waals surface area contributed by atoms with Gasteiger partial charge in [0.2, 0.25) is 0 Å². The summed E-state index contributed by atoms with van der Waals surface area (Å²) in [6.45, 7) is 10.4. The van der Waals surface area contributed by atoms with Gasteiger partial charge >= 0.3 is 0 Å². The molecule has 0 saturated heterocycles. The van der Waals surface area contributed by atoms with Crippen molar-refractivity contribution in [1.82, 2.24) is 5.32 Å². The summed E-state index contributed by atoms with van der Waals surface area (Å²) in [7, 11) is 0. The van der Waals surface area contributed by atoms with Crippen molar-refractivity contribution in [3.8, 4) is 0 Å². The monoisotopic (exact) mass is 263 g/mol. The predicted octanol–water partition coefficient (Wildman–Crippen LogP) is 3.80. The Balaban J connectivity index is 2.40. The molecule has 0 aliphatic rings. The van der Waals surface area contributed by atoms with E-state index >= 15 is 0 Å². The van der Waals surface area contributed by atoms with Crippen LogP contribution in [0.4, 0.5) is 0 Å². The molecule has 1 N–H and O–H groups in total. The third kappa shape index (κ3) is 8.02. The van der Waals surface area contributed by atoms with Gasteiger partial charge in [-0.2, -0.15) is 0 Å². The van der Waals surface area contributed by atoms with E-state index in [1.165, 1.54) is 5.56 Å². The summed E-state index contributed by atoms with van der Waals surface area (Å²) >= 11 is 0. The molecule has 0 amide bonds. The highest BCUT2D eigenvalue weighted by Crippen LogP contribution is 2.10. The minimum Gasteiger partial charge on any atom is -0.374 e. The Morgan fingerprint density at radius 1 is 1.16 bits per heavy atom. The smallest absolute Gasteiger partial charge is 0.0626 e. The maximum absolute atomic E-state index is 5.91. The SMILES string of the molecule is CCCNC(CCc1ccccc1)COC(C)(C)C. The zero-order valence-corrected chi connectivity index (χ0v) is 12.9. The first-order valence-corrected chi connectivity index (χ1v) is 7.42. The van der Waals surface area contributed by atoms with Gasteiger partial charge in [-0.05, 0) is 52.1 Å². The first kappa shape index (κ1) is 16.2. The van der Waals surface area contributed by atoms with Gasteiger partial charge in [-0.25, -0.2) is 0 Å². The van der Waals surface area contributed by atoms with Crippen molar-refractivity contribution in [3.63, 3.8) is 0 Å². The molecule has 1 atom stereocenters. The van der Waals surface area contributed by atoms with E-state index in [2.05, 4.69) is 63.3 Å². The molecule has 1 aromatic carbocycles. The maximum Gasteiger partial charge on any atom is 0.0626 e. The fourth-order valence-corrected chi connectivity index (χ4v) is 1.93. The summed E-state index contributed by atoms with van der Waals surface area (Å²) in [5.74, 6) is 0. The van der Waals surface area contributed by atoms with Crippen LogP contribution in [0, 0.1) is 0 Å². The molecule has 0 aliphatic heterocycles. The third-order valence-electron chi connectivity index (χ3n) is 3.02. The van der Waals surface area contributed by atoms with Gasteiger partial charge in [-0.3, -0.25) is 0 Å². The minimum atomic E-state index is -0.0567. The number of hydrogen-bond donors (Lipinski definition) is 1. The molecule has 0 saturated carbocycles. The predicted molar refractivity (Wildman–Crippen MR) is 82.5 cm³/mol. The second-order valence-electron chi connectivity index (χ2n) is 6.10. The third-order valence-corrected chi connectivity index (χ3v) is 3.02. The molecule has 2 heteroatoms. The summed E-state index contributed by atoms with van der Waals surface area (Å²) in [6, 6.07) is 11.1. The number of hydrogen-bond acceptors (Lipinski definition) is 2. The van der Waals surface area contributed by atoms with Crippen LogP contribution in [-0.2, 0) is 11.2 Å². The summed E-state index contributed by atoms with van der Waals surface area (Å²) in [4.78, 5) is 0. The molecule has 19 heavy (non-hydrogen) atoms. The van der Waals surface area contributed by atoms with E-state index in [4.69, 9.17) is 4.74 Å². The Morgan fingerprint density at radius 3 is 2.42 bits per heavy atom. The van der Waals surface area contributed by atoms with Crippen LogP contribution in [0.1, 0.15) is 46.1 Å². The highest BCUT2D eigenvalue weighted by Gasteiger charge is 2.15. The summed E-state index contributed by atoms with van der Waals surface area (Å²) < 4.78 is 5.91. The first-order chi connectivity index (χ1) is 9.01. The molecule has 2 nitrogen and oxygen atoms in total. The van der Waals surface area contributed by atoms with E-state index < -0.39 is 0 Å². The molecule has 1 rings (SSSR count). The number of ether oxygens (including phenoxy) is 1. The molecule has 0 heterocycles. The zero-order valence-electron chi connectivity index (χ0n) is 12.9. The molecule has 0 radical (unpaired) electrons. The van der Waals surface area contributed by atoms with Gasteiger partial charge in [0.15, 0.2) is 0 Å². The second-order valence-corrected chi connectivity index (χ2v) is 6.10. The molecule has 0 bridgehead atoms. The fourth-order valence-electron chi connectivity index (χ4n) is 1.93. The lowest BCUT2D eigenvalue weighted by Gasteiger charge is -2.25. The van der Waals surface area contributed by atoms with E-state index in [9.17, 15) is 0 Å². The molecule has 0 aliphatic carbocycles. The molecule has 1 aromatic rings. The molecule has 1 unspecified atom stereocenters. The molecular formula is C17H29NO. The minimum absolute atomic E-state index is 0.0567. The molecule has 0 fully saturated rings. The number of benzene rings is 1. The highest BCUT2D eigenvalue weighted by atomic mass is 16.5. The van der Waals surface area contributed by atoms with Crippen LogP contribution in [0.3, 0.4) is 0 Å². The summed E-state index contributed by atoms with van der Waals surface area (Å²) in [5.41, 5.74) is 1.35. The van der Waals surface area contributed by atoms with Gasteiger partial charge < -0.3 is 10.1 Å². The lowest BCUT2D eigenvalue weighted by Crippen LogP contribution is -2.37. The molecule has 0 aromatic heterocycles. The standard InChI is InChI=1S/C17H29NO/c1-5-13-18-16(14-19-17(2,3)4)12-11-15-9-7-6-8-10-15/h6-10,16,18H,5,11-14H2,1-4H3. The van der Waals surface area contributed by atoms with Gasteiger partial charge in [0.1, 0.15) is 0 Å². The van der Waals surface area contributed by atoms with E-state index in [1.54, 1.807) is 0 Å². The van der Waals surface area contributed by atoms with Crippen LogP contribution in [0.25, 0.3) is 0 Å². The van der Waals surface area contributed by atoms with Crippen LogP contribution in [0.5, 0.6) is 0 Å². The lowest BCUT2D eigenvalue weighted by molar-refractivity contribution is -0.0153. The Kier molecular flexibility index (Phi) is 7.11. The van der Waals surface area contributed by atoms with Crippen LogP contribution < -0.4 is 5.32 Å². The van der Waals surface area contributed by atoms with Gasteiger partial charge in [0.25, 0.3) is 0 Å². The van der Waals surface area contributed by atoms with Gasteiger partial charge in [0.05, 0.1) is 12.2 Å². The number of aryl methyl sites for hydroxylation is 1. The largest absolute Gasteiger partial charge is 0.374 e. The van der Waals surface area contributed by atoms with Crippen molar-refractivity contribution in [1.29, 1.82) is 0 Å². The van der Waals surface area contributed by atoms with E-state index in [-0.39, 0.29) is 5.60 Å². The van der Waals surface area contributed by atoms with Gasteiger partial charge in [0, 0.05) is 6.04 Å². The van der Waals surface area contributed by atoms with Crippen molar-refractivity contribution < 1.29 is 4.74 Å². The Labute approximate surface area is 118 Å². The topological polar surface area (TPSA) is 21.3 Å². The first-order valence-electron chi connectivity index (χ1n) is 7.42. The molecule has 108 valence electrons. The average molecular weight is 263 g/mol. The maximum atomic E-state index is 5.91. The molecule has 0 spiro atoms. The fraction of sp³-hybridized carbons (Fsp3) is 0.647. The lowest BCUT2D eigenvalue weighted by atomic mass is 10.1. The summed E-state index contributed by atoms with van der Waals surface area (Å²) in [6.07, 6.45) is 3.40. The Hall–Kier alpha value is -0.860.